The molecule has 0 fully saturated rings. The molecule has 1 aromatic heterocycles. The van der Waals surface area contributed by atoms with Gasteiger partial charge in [-0.15, -0.1) is 0 Å². The molecule has 2 rings (SSSR count). The monoisotopic (exact) mass is 264 g/mol. The average Bonchev–Trinajstić information content (AvgIpc) is 2.36. The van der Waals surface area contributed by atoms with Gasteiger partial charge in [-0.2, -0.15) is 0 Å². The van der Waals surface area contributed by atoms with E-state index in [1.165, 1.54) is 12.3 Å². The molecule has 1 aromatic rings. The van der Waals surface area contributed by atoms with Gasteiger partial charge in [0.25, 0.3) is 0 Å². The van der Waals surface area contributed by atoms with Crippen molar-refractivity contribution < 1.29 is 14.7 Å². The molecule has 0 atom stereocenters. The Morgan fingerprint density at radius 2 is 2.33 bits per heavy atom. The Balaban J connectivity index is 2.72. The number of carbonyl (C=O) groups excluding carboxylic acids is 1. The van der Waals surface area contributed by atoms with Gasteiger partial charge < -0.3 is 10.0 Å². The van der Waals surface area contributed by atoms with Gasteiger partial charge in [0.1, 0.15) is 10.9 Å². The summed E-state index contributed by atoms with van der Waals surface area (Å²) >= 11 is 5.81. The number of carboxylic acids is 1. The van der Waals surface area contributed by atoms with E-state index in [0.717, 1.165) is 0 Å². The molecule has 0 aromatic carbocycles. The highest BCUT2D eigenvalue weighted by Crippen LogP contribution is 2.34. The topological polar surface area (TPSA) is 70.5 Å². The van der Waals surface area contributed by atoms with E-state index in [1.807, 2.05) is 0 Å². The summed E-state index contributed by atoms with van der Waals surface area (Å²) in [7, 11) is 0. The first kappa shape index (κ1) is 12.4. The van der Waals surface area contributed by atoms with E-state index in [9.17, 15) is 9.59 Å². The molecule has 92 valence electrons. The minimum absolute atomic E-state index is 0.000216. The third-order valence-corrected chi connectivity index (χ3v) is 2.84. The molecule has 1 N–H and O–H groups in total. The zero-order valence-electron chi connectivity index (χ0n) is 9.48. The fraction of sp³-hybridized carbons (Fsp3) is 0.167. The minimum atomic E-state index is -1.17. The Morgan fingerprint density at radius 1 is 1.61 bits per heavy atom. The van der Waals surface area contributed by atoms with Crippen molar-refractivity contribution in [2.45, 2.75) is 6.92 Å². The number of halogens is 1. The van der Waals surface area contributed by atoms with E-state index in [-0.39, 0.29) is 16.4 Å². The Hall–Kier alpha value is -2.10. The van der Waals surface area contributed by atoms with Crippen LogP contribution in [0, 0.1) is 0 Å². The lowest BCUT2D eigenvalue weighted by Crippen LogP contribution is -2.29. The third-order valence-electron chi connectivity index (χ3n) is 2.64. The molecule has 6 heteroatoms. The largest absolute Gasteiger partial charge is 0.478 e. The Labute approximate surface area is 108 Å². The molecule has 0 bridgehead atoms. The van der Waals surface area contributed by atoms with Gasteiger partial charge in [-0.1, -0.05) is 11.6 Å². The number of carbonyl (C=O) groups is 1. The fourth-order valence-electron chi connectivity index (χ4n) is 1.87. The minimum Gasteiger partial charge on any atom is -0.478 e. The Morgan fingerprint density at radius 3 is 2.89 bits per heavy atom. The van der Waals surface area contributed by atoms with Crippen LogP contribution in [0.5, 0.6) is 0 Å². The lowest BCUT2D eigenvalue weighted by molar-refractivity contribution is -0.132. The van der Waals surface area contributed by atoms with Gasteiger partial charge in [-0.3, -0.25) is 0 Å². The number of hydrogen-bond donors (Lipinski definition) is 1. The number of fused-ring (bicyclic) bond motifs is 1. The molecule has 0 amide bonds. The number of hydrogen-bond acceptors (Lipinski definition) is 4. The molecule has 2 heterocycles. The van der Waals surface area contributed by atoms with Crippen LogP contribution >= 0.6 is 11.6 Å². The average molecular weight is 265 g/mol. The molecule has 18 heavy (non-hydrogen) atoms. The standard InChI is InChI=1S/C12H9ClN2O3/c1-2-15-9-4-11(13)14-5-7(9)3-8(12(17)18)10(15)6-16/h3-5H,2H2,1H3,(H,17,18). The lowest BCUT2D eigenvalue weighted by atomic mass is 10.0. The van der Waals surface area contributed by atoms with Crippen molar-refractivity contribution in [3.05, 3.63) is 34.2 Å². The highest BCUT2D eigenvalue weighted by Gasteiger charge is 2.27. The molecule has 5 nitrogen and oxygen atoms in total. The van der Waals surface area contributed by atoms with Crippen molar-refractivity contribution >= 4 is 35.3 Å². The summed E-state index contributed by atoms with van der Waals surface area (Å²) in [5, 5.41) is 9.37. The van der Waals surface area contributed by atoms with Crippen molar-refractivity contribution in [1.82, 2.24) is 4.98 Å². The second-order valence-electron chi connectivity index (χ2n) is 3.62. The molecular weight excluding hydrogens is 256 g/mol. The van der Waals surface area contributed by atoms with E-state index >= 15 is 0 Å². The van der Waals surface area contributed by atoms with Gasteiger partial charge in [-0.25, -0.2) is 14.6 Å². The normalized spacial score (nSPS) is 13.8. The number of pyridine rings is 1. The van der Waals surface area contributed by atoms with Crippen LogP contribution in [0.15, 0.2) is 23.5 Å². The molecular formula is C12H9ClN2O3. The van der Waals surface area contributed by atoms with Crippen molar-refractivity contribution in [2.24, 2.45) is 0 Å². The van der Waals surface area contributed by atoms with Gasteiger partial charge in [0.2, 0.25) is 0 Å². The molecule has 0 saturated carbocycles. The summed E-state index contributed by atoms with van der Waals surface area (Å²) in [6, 6.07) is 1.59. The maximum absolute atomic E-state index is 11.1. The zero-order valence-corrected chi connectivity index (χ0v) is 10.2. The van der Waals surface area contributed by atoms with Crippen LogP contribution in [0.4, 0.5) is 5.69 Å². The summed E-state index contributed by atoms with van der Waals surface area (Å²) in [6.07, 6.45) is 2.87. The van der Waals surface area contributed by atoms with Crippen LogP contribution in [0.2, 0.25) is 5.15 Å². The van der Waals surface area contributed by atoms with Gasteiger partial charge in [-0.05, 0) is 19.1 Å². The number of nitrogens with zero attached hydrogens (tertiary/aromatic N) is 2. The number of carboxylic acid groups (broad SMARTS) is 1. The van der Waals surface area contributed by atoms with Crippen molar-refractivity contribution in [1.29, 1.82) is 0 Å². The lowest BCUT2D eigenvalue weighted by Gasteiger charge is -2.29. The molecule has 0 saturated heterocycles. The Bertz CT molecular complexity index is 603. The highest BCUT2D eigenvalue weighted by atomic mass is 35.5. The third kappa shape index (κ3) is 1.90. The SMILES string of the molecule is CCN1C(=C=O)C(C(=O)O)=Cc2cnc(Cl)cc21. The molecule has 0 spiro atoms. The maximum Gasteiger partial charge on any atom is 0.338 e. The predicted octanol–water partition coefficient (Wildman–Crippen LogP) is 1.76. The van der Waals surface area contributed by atoms with Crippen LogP contribution in [0.1, 0.15) is 12.5 Å². The van der Waals surface area contributed by atoms with Gasteiger partial charge in [0.15, 0.2) is 5.94 Å². The molecule has 0 unspecified atom stereocenters. The fourth-order valence-corrected chi connectivity index (χ4v) is 2.02. The van der Waals surface area contributed by atoms with Crippen LogP contribution in [-0.2, 0) is 9.59 Å². The van der Waals surface area contributed by atoms with Crippen LogP contribution < -0.4 is 4.90 Å². The summed E-state index contributed by atoms with van der Waals surface area (Å²) in [4.78, 5) is 27.6. The van der Waals surface area contributed by atoms with Gasteiger partial charge in [0.05, 0.1) is 11.3 Å². The number of aromatic nitrogens is 1. The van der Waals surface area contributed by atoms with E-state index in [4.69, 9.17) is 16.7 Å². The molecule has 0 aliphatic carbocycles. The number of anilines is 1. The zero-order chi connectivity index (χ0) is 13.3. The Kier molecular flexibility index (Phi) is 3.19. The number of aliphatic carboxylic acids is 1. The van der Waals surface area contributed by atoms with Crippen molar-refractivity contribution in [2.75, 3.05) is 11.4 Å². The number of likely N-dealkylation sites (N-methyl/N-ethyl adjacent to an activating group) is 1. The van der Waals surface area contributed by atoms with Gasteiger partial charge in [0, 0.05) is 18.3 Å². The van der Waals surface area contributed by atoms with Crippen LogP contribution in [0.3, 0.4) is 0 Å². The van der Waals surface area contributed by atoms with Crippen molar-refractivity contribution in [3.8, 4) is 0 Å². The second-order valence-corrected chi connectivity index (χ2v) is 4.01. The summed E-state index contributed by atoms with van der Waals surface area (Å²) in [5.74, 6) is 0.503. The van der Waals surface area contributed by atoms with Crippen molar-refractivity contribution in [3.63, 3.8) is 0 Å². The molecule has 0 radical (unpaired) electrons. The summed E-state index contributed by atoms with van der Waals surface area (Å²) in [6.45, 7) is 2.24. The first-order chi connectivity index (χ1) is 8.58. The first-order valence-corrected chi connectivity index (χ1v) is 5.59. The van der Waals surface area contributed by atoms with Gasteiger partial charge >= 0.3 is 5.97 Å². The molecule has 1 aliphatic heterocycles. The maximum atomic E-state index is 11.1. The van der Waals surface area contributed by atoms with E-state index in [0.29, 0.717) is 17.8 Å². The second kappa shape index (κ2) is 4.64. The molecule has 1 aliphatic rings. The van der Waals surface area contributed by atoms with E-state index < -0.39 is 5.97 Å². The van der Waals surface area contributed by atoms with Crippen LogP contribution in [-0.4, -0.2) is 28.5 Å². The predicted molar refractivity (Wildman–Crippen MR) is 67.1 cm³/mol. The van der Waals surface area contributed by atoms with Crippen LogP contribution in [0.25, 0.3) is 6.08 Å². The summed E-state index contributed by atoms with van der Waals surface area (Å²) in [5.41, 5.74) is 1.17. The highest BCUT2D eigenvalue weighted by molar-refractivity contribution is 6.29. The smallest absolute Gasteiger partial charge is 0.338 e. The number of rotatable bonds is 2. The summed E-state index contributed by atoms with van der Waals surface area (Å²) < 4.78 is 0. The quantitative estimate of drug-likeness (QED) is 0.651. The van der Waals surface area contributed by atoms with E-state index in [2.05, 4.69) is 4.98 Å². The van der Waals surface area contributed by atoms with E-state index in [1.54, 1.807) is 23.8 Å². The first-order valence-electron chi connectivity index (χ1n) is 5.22.